The molecule has 1 fully saturated rings. The van der Waals surface area contributed by atoms with Crippen LogP contribution in [0.1, 0.15) is 30.1 Å². The fraction of sp³-hybridized carbons (Fsp3) is 0.348. The van der Waals surface area contributed by atoms with Crippen LogP contribution in [0.5, 0.6) is 0 Å². The van der Waals surface area contributed by atoms with Crippen molar-refractivity contribution in [1.82, 2.24) is 15.1 Å². The van der Waals surface area contributed by atoms with E-state index in [1.54, 1.807) is 11.0 Å². The van der Waals surface area contributed by atoms with Gasteiger partial charge in [0.15, 0.2) is 0 Å². The van der Waals surface area contributed by atoms with Gasteiger partial charge in [-0.05, 0) is 42.8 Å². The molecule has 1 N–H and O–H groups in total. The van der Waals surface area contributed by atoms with Crippen LogP contribution in [0.3, 0.4) is 0 Å². The van der Waals surface area contributed by atoms with E-state index >= 15 is 0 Å². The highest BCUT2D eigenvalue weighted by Gasteiger charge is 2.39. The second kappa shape index (κ2) is 10.6. The summed E-state index contributed by atoms with van der Waals surface area (Å²) in [6.07, 6.45) is 1.12. The standard InChI is InChI=1S/C23H26FN3O5S/c1-2-6-20(28)26-13-15-27(16-14-26)23(30)22(33(31,32)19-7-4-3-5-8-19)25-21(29)17-9-11-18(24)12-10-17/h3-5,7-12,22H,2,6,13-16H2,1H3,(H,25,29)/t22-/m1/s1. The molecular formula is C23H26FN3O5S. The molecule has 2 aromatic carbocycles. The lowest BCUT2D eigenvalue weighted by Gasteiger charge is -2.36. The second-order valence-corrected chi connectivity index (χ2v) is 9.71. The number of nitrogens with zero attached hydrogens (tertiary/aromatic N) is 2. The molecule has 2 aromatic rings. The molecule has 0 bridgehead atoms. The quantitative estimate of drug-likeness (QED) is 0.658. The zero-order valence-corrected chi connectivity index (χ0v) is 19.1. The Labute approximate surface area is 192 Å². The van der Waals surface area contributed by atoms with Gasteiger partial charge in [-0.15, -0.1) is 0 Å². The summed E-state index contributed by atoms with van der Waals surface area (Å²) in [5, 5.41) is 0.456. The monoisotopic (exact) mass is 475 g/mol. The first-order valence-corrected chi connectivity index (χ1v) is 12.2. The summed E-state index contributed by atoms with van der Waals surface area (Å²) in [7, 11) is -4.28. The molecule has 1 saturated heterocycles. The molecule has 8 nitrogen and oxygen atoms in total. The molecule has 33 heavy (non-hydrogen) atoms. The zero-order valence-electron chi connectivity index (χ0n) is 18.2. The van der Waals surface area contributed by atoms with Crippen molar-refractivity contribution in [2.75, 3.05) is 26.2 Å². The normalized spacial score (nSPS) is 15.1. The maximum Gasteiger partial charge on any atom is 0.261 e. The number of piperazine rings is 1. The van der Waals surface area contributed by atoms with Crippen molar-refractivity contribution in [2.24, 2.45) is 0 Å². The summed E-state index contributed by atoms with van der Waals surface area (Å²) in [5.74, 6) is -2.16. The Morgan fingerprint density at radius 2 is 1.52 bits per heavy atom. The van der Waals surface area contributed by atoms with Gasteiger partial charge >= 0.3 is 0 Å². The number of hydrogen-bond donors (Lipinski definition) is 1. The van der Waals surface area contributed by atoms with E-state index < -0.39 is 32.8 Å². The third-order valence-corrected chi connectivity index (χ3v) is 7.25. The van der Waals surface area contributed by atoms with E-state index in [2.05, 4.69) is 5.32 Å². The van der Waals surface area contributed by atoms with Gasteiger partial charge in [0.05, 0.1) is 4.90 Å². The van der Waals surface area contributed by atoms with E-state index in [1.807, 2.05) is 6.92 Å². The van der Waals surface area contributed by atoms with Crippen molar-refractivity contribution in [3.8, 4) is 0 Å². The van der Waals surface area contributed by atoms with Gasteiger partial charge in [-0.3, -0.25) is 14.4 Å². The molecule has 1 aliphatic heterocycles. The highest BCUT2D eigenvalue weighted by Crippen LogP contribution is 2.18. The molecule has 3 rings (SSSR count). The molecule has 3 amide bonds. The van der Waals surface area contributed by atoms with E-state index in [1.165, 1.54) is 41.3 Å². The molecule has 10 heteroatoms. The summed E-state index contributed by atoms with van der Waals surface area (Å²) >= 11 is 0. The molecular weight excluding hydrogens is 449 g/mol. The number of carbonyl (C=O) groups is 3. The minimum Gasteiger partial charge on any atom is -0.339 e. The summed E-state index contributed by atoms with van der Waals surface area (Å²) in [4.78, 5) is 41.0. The van der Waals surface area contributed by atoms with Crippen LogP contribution in [-0.2, 0) is 19.4 Å². The van der Waals surface area contributed by atoms with Crippen molar-refractivity contribution < 1.29 is 27.2 Å². The minimum absolute atomic E-state index is 0.0114. The SMILES string of the molecule is CCCC(=O)N1CCN(C(=O)[C@H](NC(=O)c2ccc(F)cc2)S(=O)(=O)c2ccccc2)CC1. The van der Waals surface area contributed by atoms with Crippen molar-refractivity contribution in [3.63, 3.8) is 0 Å². The van der Waals surface area contributed by atoms with Gasteiger partial charge in [0.1, 0.15) is 5.82 Å². The number of carbonyl (C=O) groups excluding carboxylic acids is 3. The van der Waals surface area contributed by atoms with E-state index in [0.717, 1.165) is 12.1 Å². The summed E-state index contributed by atoms with van der Waals surface area (Å²) in [6.45, 7) is 2.78. The number of benzene rings is 2. The second-order valence-electron chi connectivity index (χ2n) is 7.67. The van der Waals surface area contributed by atoms with Crippen LogP contribution in [0.25, 0.3) is 0 Å². The number of halogens is 1. The lowest BCUT2D eigenvalue weighted by Crippen LogP contribution is -2.57. The molecule has 0 unspecified atom stereocenters. The van der Waals surface area contributed by atoms with Crippen LogP contribution in [-0.4, -0.2) is 67.5 Å². The van der Waals surface area contributed by atoms with Crippen LogP contribution >= 0.6 is 0 Å². The summed E-state index contributed by atoms with van der Waals surface area (Å²) < 4.78 is 39.8. The molecule has 1 atom stereocenters. The van der Waals surface area contributed by atoms with Crippen LogP contribution in [0.15, 0.2) is 59.5 Å². The smallest absolute Gasteiger partial charge is 0.261 e. The Kier molecular flexibility index (Phi) is 7.80. The van der Waals surface area contributed by atoms with Crippen molar-refractivity contribution in [3.05, 3.63) is 66.0 Å². The largest absolute Gasteiger partial charge is 0.339 e. The Morgan fingerprint density at radius 1 is 0.939 bits per heavy atom. The predicted octanol–water partition coefficient (Wildman–Crippen LogP) is 1.83. The molecule has 176 valence electrons. The van der Waals surface area contributed by atoms with Gasteiger partial charge in [0.25, 0.3) is 11.8 Å². The molecule has 0 aliphatic carbocycles. The first-order chi connectivity index (χ1) is 15.7. The van der Waals surface area contributed by atoms with E-state index in [0.29, 0.717) is 12.8 Å². The molecule has 0 spiro atoms. The highest BCUT2D eigenvalue weighted by molar-refractivity contribution is 7.92. The molecule has 0 saturated carbocycles. The minimum atomic E-state index is -4.28. The van der Waals surface area contributed by atoms with Crippen LogP contribution in [0, 0.1) is 5.82 Å². The fourth-order valence-electron chi connectivity index (χ4n) is 3.54. The van der Waals surface area contributed by atoms with Crippen LogP contribution < -0.4 is 5.32 Å². The summed E-state index contributed by atoms with van der Waals surface area (Å²) in [6, 6.07) is 11.9. The fourth-order valence-corrected chi connectivity index (χ4v) is 5.02. The Hall–Kier alpha value is -3.27. The lowest BCUT2D eigenvalue weighted by atomic mass is 10.2. The van der Waals surface area contributed by atoms with Gasteiger partial charge in [-0.25, -0.2) is 12.8 Å². The zero-order chi connectivity index (χ0) is 24.0. The van der Waals surface area contributed by atoms with Crippen molar-refractivity contribution >= 4 is 27.6 Å². The van der Waals surface area contributed by atoms with E-state index in [9.17, 15) is 27.2 Å². The third kappa shape index (κ3) is 5.75. The van der Waals surface area contributed by atoms with Gasteiger partial charge in [0.2, 0.25) is 21.1 Å². The maximum absolute atomic E-state index is 13.3. The third-order valence-electron chi connectivity index (χ3n) is 5.38. The van der Waals surface area contributed by atoms with E-state index in [4.69, 9.17) is 0 Å². The Morgan fingerprint density at radius 3 is 2.09 bits per heavy atom. The number of sulfone groups is 1. The van der Waals surface area contributed by atoms with Crippen LogP contribution in [0.2, 0.25) is 0 Å². The van der Waals surface area contributed by atoms with Gasteiger partial charge in [0, 0.05) is 38.2 Å². The predicted molar refractivity (Wildman–Crippen MR) is 119 cm³/mol. The average Bonchev–Trinajstić information content (AvgIpc) is 2.83. The number of rotatable bonds is 7. The molecule has 1 heterocycles. The van der Waals surface area contributed by atoms with Crippen molar-refractivity contribution in [2.45, 2.75) is 30.0 Å². The number of nitrogens with one attached hydrogen (secondary N) is 1. The Bertz CT molecular complexity index is 1100. The first-order valence-electron chi connectivity index (χ1n) is 10.7. The van der Waals surface area contributed by atoms with Gasteiger partial charge in [-0.1, -0.05) is 25.1 Å². The van der Waals surface area contributed by atoms with Crippen molar-refractivity contribution in [1.29, 1.82) is 0 Å². The summed E-state index contributed by atoms with van der Waals surface area (Å²) in [5.41, 5.74) is 0.0208. The average molecular weight is 476 g/mol. The topological polar surface area (TPSA) is 104 Å². The highest BCUT2D eigenvalue weighted by atomic mass is 32.2. The molecule has 0 aromatic heterocycles. The maximum atomic E-state index is 13.3. The van der Waals surface area contributed by atoms with Crippen LogP contribution in [0.4, 0.5) is 4.39 Å². The van der Waals surface area contributed by atoms with Gasteiger partial charge < -0.3 is 15.1 Å². The number of amides is 3. The van der Waals surface area contributed by atoms with Gasteiger partial charge in [-0.2, -0.15) is 0 Å². The molecule has 0 radical (unpaired) electrons. The number of hydrogen-bond acceptors (Lipinski definition) is 5. The Balaban J connectivity index is 1.84. The molecule has 1 aliphatic rings. The first kappa shape index (κ1) is 24.4. The lowest BCUT2D eigenvalue weighted by molar-refractivity contribution is -0.139. The van der Waals surface area contributed by atoms with E-state index in [-0.39, 0.29) is 42.5 Å².